The van der Waals surface area contributed by atoms with Gasteiger partial charge in [0, 0.05) is 43.0 Å². The van der Waals surface area contributed by atoms with Gasteiger partial charge in [-0.1, -0.05) is 0 Å². The predicted octanol–water partition coefficient (Wildman–Crippen LogP) is 1.91. The van der Waals surface area contributed by atoms with E-state index in [2.05, 4.69) is 26.9 Å². The van der Waals surface area contributed by atoms with Gasteiger partial charge < -0.3 is 10.6 Å². The molecule has 4 aromatic heterocycles. The molecule has 0 atom stereocenters. The van der Waals surface area contributed by atoms with Crippen molar-refractivity contribution in [2.45, 2.75) is 5.51 Å². The number of alkyl halides is 3. The minimum absolute atomic E-state index is 0.233. The quantitative estimate of drug-likeness (QED) is 0.337. The van der Waals surface area contributed by atoms with E-state index in [9.17, 15) is 18.0 Å². The molecule has 150 valence electrons. The number of amides is 2. The van der Waals surface area contributed by atoms with Gasteiger partial charge in [-0.15, -0.1) is 0 Å². The Labute approximate surface area is 155 Å². The van der Waals surface area contributed by atoms with Gasteiger partial charge in [0.05, 0.1) is 11.9 Å². The number of anilines is 1. The first-order valence-corrected chi connectivity index (χ1v) is 8.94. The Balaban J connectivity index is 0.000000242. The Hall–Kier alpha value is -3.13. The molecule has 10 nitrogen and oxygen atoms in total. The van der Waals surface area contributed by atoms with Crippen molar-refractivity contribution in [3.05, 3.63) is 24.7 Å². The Kier molecular flexibility index (Phi) is 4.55. The number of hydrogen-bond donors (Lipinski definition) is 3. The molecule has 0 aliphatic heterocycles. The summed E-state index contributed by atoms with van der Waals surface area (Å²) in [5, 5.41) is 15.0. The van der Waals surface area contributed by atoms with Crippen LogP contribution in [0.4, 0.5) is 23.7 Å². The van der Waals surface area contributed by atoms with Crippen LogP contribution in [0.3, 0.4) is 0 Å². The Morgan fingerprint density at radius 2 is 1.89 bits per heavy atom. The van der Waals surface area contributed by atoms with Crippen molar-refractivity contribution in [1.82, 2.24) is 24.7 Å². The Morgan fingerprint density at radius 3 is 2.36 bits per heavy atom. The van der Waals surface area contributed by atoms with Gasteiger partial charge in [0.2, 0.25) is 0 Å². The van der Waals surface area contributed by atoms with E-state index in [1.165, 1.54) is 0 Å². The van der Waals surface area contributed by atoms with Crippen LogP contribution in [0, 0.1) is 0 Å². The molecule has 4 heterocycles. The predicted molar refractivity (Wildman–Crippen MR) is 93.0 cm³/mol. The summed E-state index contributed by atoms with van der Waals surface area (Å²) in [6.07, 6.45) is 5.73. The highest BCUT2D eigenvalue weighted by molar-refractivity contribution is 7.86. The third-order valence-electron chi connectivity index (χ3n) is 3.78. The number of carbonyl (C=O) groups excluding carboxylic acids is 1. The van der Waals surface area contributed by atoms with Crippen LogP contribution < -0.4 is 10.6 Å². The lowest BCUT2D eigenvalue weighted by Crippen LogP contribution is -2.25. The molecule has 0 unspecified atom stereocenters. The molecule has 0 aliphatic carbocycles. The van der Waals surface area contributed by atoms with Crippen molar-refractivity contribution in [2.24, 2.45) is 7.05 Å². The van der Waals surface area contributed by atoms with E-state index >= 15 is 0 Å². The molecule has 0 radical (unpaired) electrons. The molecular formula is C14H13F3N6O4S. The van der Waals surface area contributed by atoms with E-state index in [4.69, 9.17) is 13.0 Å². The number of urea groups is 1. The number of aromatic nitrogens is 4. The zero-order valence-corrected chi connectivity index (χ0v) is 15.1. The molecule has 0 saturated carbocycles. The van der Waals surface area contributed by atoms with E-state index in [0.29, 0.717) is 0 Å². The summed E-state index contributed by atoms with van der Waals surface area (Å²) in [7, 11) is -2.36. The van der Waals surface area contributed by atoms with E-state index < -0.39 is 15.6 Å². The third kappa shape index (κ3) is 3.38. The van der Waals surface area contributed by atoms with Crippen LogP contribution in [0.1, 0.15) is 0 Å². The molecule has 28 heavy (non-hydrogen) atoms. The fraction of sp³-hybridized carbons (Fsp3) is 0.214. The molecule has 0 aliphatic rings. The largest absolute Gasteiger partial charge is 0.522 e. The standard InChI is InChI=1S/C13H12N6O.CHF3O3S/c1-14-13(20)16-11-10-9-3-7(6-19(17-10)12(9)11)8-4-15-18(2)5-8;2-1(3,4)8(5,6)7/h3-6H,1-2H3,(H2,14,16,20);(H,5,6,7). The van der Waals surface area contributed by atoms with Gasteiger partial charge in [-0.3, -0.25) is 9.23 Å². The highest BCUT2D eigenvalue weighted by Gasteiger charge is 2.44. The molecule has 4 bridgehead atoms. The van der Waals surface area contributed by atoms with Crippen molar-refractivity contribution in [3.8, 4) is 11.1 Å². The highest BCUT2D eigenvalue weighted by atomic mass is 32.2. The maximum atomic E-state index is 11.4. The second-order valence-corrected chi connectivity index (χ2v) is 7.10. The van der Waals surface area contributed by atoms with Crippen LogP contribution in [-0.2, 0) is 17.2 Å². The number of rotatable bonds is 2. The number of hydrogen-bond acceptors (Lipinski definition) is 5. The summed E-state index contributed by atoms with van der Waals surface area (Å²) in [4.78, 5) is 11.4. The number of carbonyl (C=O) groups is 1. The number of aryl methyl sites for hydroxylation is 1. The lowest BCUT2D eigenvalue weighted by Gasteiger charge is -2.10. The van der Waals surface area contributed by atoms with Crippen LogP contribution in [-0.4, -0.2) is 51.0 Å². The SMILES string of the molecule is CNC(=O)Nc1c2nn3cc(-c4cnn(C)c4)cc2c13.O=S(=O)(O)C(F)(F)F. The summed E-state index contributed by atoms with van der Waals surface area (Å²) in [5.74, 6) is 0. The maximum Gasteiger partial charge on any atom is 0.522 e. The first kappa shape index (κ1) is 19.6. The number of nitrogens with one attached hydrogen (secondary N) is 2. The van der Waals surface area contributed by atoms with Crippen molar-refractivity contribution in [3.63, 3.8) is 0 Å². The zero-order valence-electron chi connectivity index (χ0n) is 14.3. The third-order valence-corrected chi connectivity index (χ3v) is 4.36. The molecule has 14 heteroatoms. The van der Waals surface area contributed by atoms with E-state index in [-0.39, 0.29) is 6.03 Å². The van der Waals surface area contributed by atoms with Crippen molar-refractivity contribution in [2.75, 3.05) is 12.4 Å². The van der Waals surface area contributed by atoms with Gasteiger partial charge in [0.1, 0.15) is 11.0 Å². The van der Waals surface area contributed by atoms with E-state index in [1.807, 2.05) is 25.6 Å². The summed E-state index contributed by atoms with van der Waals surface area (Å²) >= 11 is 0. The van der Waals surface area contributed by atoms with Gasteiger partial charge in [0.15, 0.2) is 0 Å². The minimum Gasteiger partial charge on any atom is -0.341 e. The fourth-order valence-corrected chi connectivity index (χ4v) is 2.51. The van der Waals surface area contributed by atoms with Gasteiger partial charge >= 0.3 is 21.7 Å². The molecule has 0 fully saturated rings. The van der Waals surface area contributed by atoms with Gasteiger partial charge in [-0.05, 0) is 6.07 Å². The summed E-state index contributed by atoms with van der Waals surface area (Å²) in [6.45, 7) is 0. The van der Waals surface area contributed by atoms with E-state index in [1.54, 1.807) is 16.2 Å². The Morgan fingerprint density at radius 1 is 1.25 bits per heavy atom. The molecule has 0 saturated heterocycles. The van der Waals surface area contributed by atoms with Gasteiger partial charge in [-0.2, -0.15) is 31.8 Å². The summed E-state index contributed by atoms with van der Waals surface area (Å²) in [5.41, 5.74) is -0.845. The van der Waals surface area contributed by atoms with Gasteiger partial charge in [0.25, 0.3) is 0 Å². The number of nitrogens with zero attached hydrogens (tertiary/aromatic N) is 4. The topological polar surface area (TPSA) is 131 Å². The minimum atomic E-state index is -5.84. The summed E-state index contributed by atoms with van der Waals surface area (Å²) < 4.78 is 61.1. The van der Waals surface area contributed by atoms with Crippen LogP contribution in [0.2, 0.25) is 0 Å². The first-order valence-electron chi connectivity index (χ1n) is 7.50. The first-order chi connectivity index (χ1) is 12.9. The zero-order chi connectivity index (χ0) is 20.9. The molecule has 2 amide bonds. The smallest absolute Gasteiger partial charge is 0.341 e. The molecule has 0 spiro atoms. The van der Waals surface area contributed by atoms with Crippen LogP contribution in [0.5, 0.6) is 0 Å². The monoisotopic (exact) mass is 418 g/mol. The number of pyridine rings is 1. The normalized spacial score (nSPS) is 12.4. The highest BCUT2D eigenvalue weighted by Crippen LogP contribution is 2.41. The Bertz CT molecular complexity index is 1210. The van der Waals surface area contributed by atoms with E-state index in [0.717, 1.165) is 33.2 Å². The molecular weight excluding hydrogens is 405 g/mol. The average Bonchev–Trinajstić information content (AvgIpc) is 3.23. The molecule has 5 aromatic rings. The molecule has 1 aromatic carbocycles. The summed E-state index contributed by atoms with van der Waals surface area (Å²) in [6, 6.07) is 1.84. The van der Waals surface area contributed by atoms with Crippen LogP contribution >= 0.6 is 0 Å². The lowest BCUT2D eigenvalue weighted by atomic mass is 10.0. The maximum absolute atomic E-state index is 11.4. The second-order valence-electron chi connectivity index (χ2n) is 5.69. The second kappa shape index (κ2) is 6.49. The van der Waals surface area contributed by atoms with Crippen LogP contribution in [0.25, 0.3) is 27.5 Å². The van der Waals surface area contributed by atoms with Gasteiger partial charge in [-0.25, -0.2) is 9.31 Å². The molecule has 5 rings (SSSR count). The van der Waals surface area contributed by atoms with Crippen LogP contribution in [0.15, 0.2) is 24.7 Å². The average molecular weight is 418 g/mol. The lowest BCUT2D eigenvalue weighted by molar-refractivity contribution is -0.0510. The van der Waals surface area contributed by atoms with Crippen molar-refractivity contribution in [1.29, 1.82) is 0 Å². The number of halogens is 3. The molecule has 3 N–H and O–H groups in total. The van der Waals surface area contributed by atoms with Crippen molar-refractivity contribution < 1.29 is 30.9 Å². The van der Waals surface area contributed by atoms with Crippen molar-refractivity contribution >= 4 is 38.3 Å². The fourth-order valence-electron chi connectivity index (χ4n) is 2.51.